The Morgan fingerprint density at radius 2 is 2.08 bits per heavy atom. The number of rotatable bonds is 2. The molecule has 0 bridgehead atoms. The van der Waals surface area contributed by atoms with E-state index >= 15 is 0 Å². The summed E-state index contributed by atoms with van der Waals surface area (Å²) in [5, 5.41) is 0.513. The molecule has 0 amide bonds. The minimum absolute atomic E-state index is 0.513. The zero-order valence-electron chi connectivity index (χ0n) is 8.49. The molecule has 1 rings (SSSR count). The molecule has 76 valence electrons. The van der Waals surface area contributed by atoms with Crippen molar-refractivity contribution in [1.82, 2.24) is 9.80 Å². The minimum Gasteiger partial charge on any atom is -0.376 e. The highest BCUT2D eigenvalue weighted by atomic mass is 32.1. The fourth-order valence-electron chi connectivity index (χ4n) is 1.72. The summed E-state index contributed by atoms with van der Waals surface area (Å²) in [4.78, 5) is 4.35. The largest absolute Gasteiger partial charge is 0.376 e. The number of piperidine rings is 1. The Bertz CT molecular complexity index is 176. The van der Waals surface area contributed by atoms with Crippen molar-refractivity contribution in [2.24, 2.45) is 11.7 Å². The molecule has 1 aliphatic rings. The van der Waals surface area contributed by atoms with Gasteiger partial charge in [0.15, 0.2) is 5.11 Å². The third kappa shape index (κ3) is 3.48. The molecule has 0 spiro atoms. The van der Waals surface area contributed by atoms with Gasteiger partial charge in [0, 0.05) is 13.6 Å². The molecule has 4 heteroatoms. The zero-order valence-corrected chi connectivity index (χ0v) is 9.31. The standard InChI is InChI=1S/C9H19N3S/c1-11-5-3-8(4-6-11)7-12(2)9(10)13/h8H,3-7H2,1-2H3,(H2,10,13). The normalized spacial score (nSPS) is 20.2. The van der Waals surface area contributed by atoms with Gasteiger partial charge >= 0.3 is 0 Å². The molecule has 3 nitrogen and oxygen atoms in total. The summed E-state index contributed by atoms with van der Waals surface area (Å²) in [5.74, 6) is 0.766. The number of hydrogen-bond donors (Lipinski definition) is 1. The maximum absolute atomic E-state index is 5.53. The Kier molecular flexibility index (Phi) is 3.93. The molecule has 0 radical (unpaired) electrons. The van der Waals surface area contributed by atoms with Crippen molar-refractivity contribution >= 4 is 17.3 Å². The molecule has 0 saturated carbocycles. The Hall–Kier alpha value is -0.350. The zero-order chi connectivity index (χ0) is 9.84. The highest BCUT2D eigenvalue weighted by molar-refractivity contribution is 7.80. The molecule has 1 aliphatic heterocycles. The van der Waals surface area contributed by atoms with Crippen molar-refractivity contribution < 1.29 is 0 Å². The minimum atomic E-state index is 0.513. The molecule has 0 aromatic rings. The van der Waals surface area contributed by atoms with Gasteiger partial charge < -0.3 is 15.5 Å². The first-order chi connectivity index (χ1) is 6.09. The Morgan fingerprint density at radius 3 is 2.54 bits per heavy atom. The summed E-state index contributed by atoms with van der Waals surface area (Å²) in [6.07, 6.45) is 2.53. The highest BCUT2D eigenvalue weighted by Gasteiger charge is 2.18. The summed E-state index contributed by atoms with van der Waals surface area (Å²) < 4.78 is 0. The van der Waals surface area contributed by atoms with Gasteiger partial charge in [-0.05, 0) is 51.1 Å². The molecule has 1 heterocycles. The molecule has 0 aliphatic carbocycles. The van der Waals surface area contributed by atoms with Crippen LogP contribution in [-0.4, -0.2) is 48.6 Å². The van der Waals surface area contributed by atoms with E-state index in [2.05, 4.69) is 11.9 Å². The number of nitrogens with zero attached hydrogens (tertiary/aromatic N) is 2. The van der Waals surface area contributed by atoms with Crippen molar-refractivity contribution in [2.75, 3.05) is 33.7 Å². The smallest absolute Gasteiger partial charge is 0.166 e. The molecule has 1 saturated heterocycles. The van der Waals surface area contributed by atoms with Crippen LogP contribution in [0.1, 0.15) is 12.8 Å². The fourth-order valence-corrected chi connectivity index (χ4v) is 1.80. The van der Waals surface area contributed by atoms with E-state index in [0.29, 0.717) is 5.11 Å². The second-order valence-corrected chi connectivity index (χ2v) is 4.38. The maximum atomic E-state index is 5.53. The Morgan fingerprint density at radius 1 is 1.54 bits per heavy atom. The van der Waals surface area contributed by atoms with Crippen molar-refractivity contribution in [3.05, 3.63) is 0 Å². The number of likely N-dealkylation sites (tertiary alicyclic amines) is 1. The van der Waals surface area contributed by atoms with Crippen LogP contribution in [0, 0.1) is 5.92 Å². The van der Waals surface area contributed by atoms with Crippen LogP contribution in [0.2, 0.25) is 0 Å². The van der Waals surface area contributed by atoms with Crippen LogP contribution < -0.4 is 5.73 Å². The van der Waals surface area contributed by atoms with Gasteiger partial charge in [-0.15, -0.1) is 0 Å². The highest BCUT2D eigenvalue weighted by Crippen LogP contribution is 2.16. The fraction of sp³-hybridized carbons (Fsp3) is 0.889. The molecule has 1 fully saturated rings. The second-order valence-electron chi connectivity index (χ2n) is 3.97. The van der Waals surface area contributed by atoms with Gasteiger partial charge in [-0.3, -0.25) is 0 Å². The van der Waals surface area contributed by atoms with E-state index in [4.69, 9.17) is 18.0 Å². The van der Waals surface area contributed by atoms with Gasteiger partial charge in [0.1, 0.15) is 0 Å². The van der Waals surface area contributed by atoms with Crippen molar-refractivity contribution in [2.45, 2.75) is 12.8 Å². The van der Waals surface area contributed by atoms with Crippen LogP contribution >= 0.6 is 12.2 Å². The Labute approximate surface area is 85.9 Å². The summed E-state index contributed by atoms with van der Waals surface area (Å²) >= 11 is 4.90. The van der Waals surface area contributed by atoms with Crippen LogP contribution in [0.3, 0.4) is 0 Å². The maximum Gasteiger partial charge on any atom is 0.166 e. The molecular weight excluding hydrogens is 182 g/mol. The monoisotopic (exact) mass is 201 g/mol. The summed E-state index contributed by atoms with van der Waals surface area (Å²) in [6.45, 7) is 3.43. The summed E-state index contributed by atoms with van der Waals surface area (Å²) in [6, 6.07) is 0. The second kappa shape index (κ2) is 4.77. The van der Waals surface area contributed by atoms with Crippen LogP contribution in [0.5, 0.6) is 0 Å². The van der Waals surface area contributed by atoms with Gasteiger partial charge in [0.05, 0.1) is 0 Å². The Balaban J connectivity index is 2.26. The molecular formula is C9H19N3S. The van der Waals surface area contributed by atoms with E-state index < -0.39 is 0 Å². The van der Waals surface area contributed by atoms with E-state index in [9.17, 15) is 0 Å². The number of nitrogens with two attached hydrogens (primary N) is 1. The molecule has 0 aromatic carbocycles. The number of thiocarbonyl (C=S) groups is 1. The average Bonchev–Trinajstić information content (AvgIpc) is 2.08. The van der Waals surface area contributed by atoms with Crippen molar-refractivity contribution in [3.63, 3.8) is 0 Å². The lowest BCUT2D eigenvalue weighted by molar-refractivity contribution is 0.200. The van der Waals surface area contributed by atoms with E-state index in [0.717, 1.165) is 12.5 Å². The van der Waals surface area contributed by atoms with Gasteiger partial charge in [0.2, 0.25) is 0 Å². The van der Waals surface area contributed by atoms with Gasteiger partial charge in [-0.1, -0.05) is 0 Å². The lowest BCUT2D eigenvalue weighted by atomic mass is 9.97. The lowest BCUT2D eigenvalue weighted by Gasteiger charge is -2.31. The van der Waals surface area contributed by atoms with Crippen molar-refractivity contribution in [1.29, 1.82) is 0 Å². The first-order valence-electron chi connectivity index (χ1n) is 4.78. The lowest BCUT2D eigenvalue weighted by Crippen LogP contribution is -2.39. The molecule has 0 unspecified atom stereocenters. The molecule has 2 N–H and O–H groups in total. The third-order valence-electron chi connectivity index (χ3n) is 2.75. The van der Waals surface area contributed by atoms with Crippen LogP contribution in [0.25, 0.3) is 0 Å². The first kappa shape index (κ1) is 10.7. The van der Waals surface area contributed by atoms with E-state index in [-0.39, 0.29) is 0 Å². The quantitative estimate of drug-likeness (QED) is 0.660. The van der Waals surface area contributed by atoms with Gasteiger partial charge in [0.25, 0.3) is 0 Å². The predicted molar refractivity (Wildman–Crippen MR) is 59.6 cm³/mol. The number of hydrogen-bond acceptors (Lipinski definition) is 2. The summed E-state index contributed by atoms with van der Waals surface area (Å²) in [5.41, 5.74) is 5.53. The van der Waals surface area contributed by atoms with E-state index in [1.165, 1.54) is 25.9 Å². The third-order valence-corrected chi connectivity index (χ3v) is 3.06. The van der Waals surface area contributed by atoms with E-state index in [1.807, 2.05) is 11.9 Å². The first-order valence-corrected chi connectivity index (χ1v) is 5.19. The molecule has 0 atom stereocenters. The van der Waals surface area contributed by atoms with Crippen LogP contribution in [0.15, 0.2) is 0 Å². The average molecular weight is 201 g/mol. The van der Waals surface area contributed by atoms with Crippen LogP contribution in [-0.2, 0) is 0 Å². The van der Waals surface area contributed by atoms with E-state index in [1.54, 1.807) is 0 Å². The summed E-state index contributed by atoms with van der Waals surface area (Å²) in [7, 11) is 4.15. The molecule has 0 aromatic heterocycles. The topological polar surface area (TPSA) is 32.5 Å². The predicted octanol–water partition coefficient (Wildman–Crippen LogP) is 0.504. The molecule has 13 heavy (non-hydrogen) atoms. The van der Waals surface area contributed by atoms with Gasteiger partial charge in [-0.25, -0.2) is 0 Å². The van der Waals surface area contributed by atoms with Crippen LogP contribution in [0.4, 0.5) is 0 Å². The van der Waals surface area contributed by atoms with Gasteiger partial charge in [-0.2, -0.15) is 0 Å². The SMILES string of the molecule is CN1CCC(CN(C)C(N)=S)CC1. The van der Waals surface area contributed by atoms with Crippen molar-refractivity contribution in [3.8, 4) is 0 Å².